The van der Waals surface area contributed by atoms with Gasteiger partial charge in [-0.3, -0.25) is 4.79 Å². The van der Waals surface area contributed by atoms with Gasteiger partial charge < -0.3 is 9.84 Å². The number of aryl methyl sites for hydroxylation is 1. The molecule has 3 aromatic rings. The molecule has 2 aromatic heterocycles. The molecule has 0 aliphatic carbocycles. The van der Waals surface area contributed by atoms with Gasteiger partial charge in [0.25, 0.3) is 0 Å². The molecule has 7 heteroatoms. The molecule has 6 nitrogen and oxygen atoms in total. The highest BCUT2D eigenvalue weighted by Crippen LogP contribution is 2.40. The molecule has 0 bridgehead atoms. The van der Waals surface area contributed by atoms with Crippen molar-refractivity contribution in [2.24, 2.45) is 0 Å². The van der Waals surface area contributed by atoms with Gasteiger partial charge in [-0.05, 0) is 31.5 Å². The highest BCUT2D eigenvalue weighted by Gasteiger charge is 2.30. The van der Waals surface area contributed by atoms with Crippen LogP contribution in [-0.4, -0.2) is 32.8 Å². The van der Waals surface area contributed by atoms with Gasteiger partial charge in [-0.25, -0.2) is 9.50 Å². The number of aromatic nitrogens is 3. The standard InChI is InChI=1S/C23H28ClN3O3/c1-7-8-16(22(28)29)20-13(2)25-19-12-18(23(3,4)5)26-27(19)21(20)15-10-9-14(24)11-17(15)30-6/h9-12,16H,7-8H2,1-6H3,(H,28,29). The van der Waals surface area contributed by atoms with Crippen molar-refractivity contribution in [3.05, 3.63) is 46.2 Å². The number of aliphatic carboxylic acids is 1. The minimum Gasteiger partial charge on any atom is -0.496 e. The smallest absolute Gasteiger partial charge is 0.311 e. The largest absolute Gasteiger partial charge is 0.496 e. The summed E-state index contributed by atoms with van der Waals surface area (Å²) in [6.45, 7) is 10.1. The fourth-order valence-electron chi connectivity index (χ4n) is 3.72. The molecule has 0 amide bonds. The van der Waals surface area contributed by atoms with Gasteiger partial charge in [-0.1, -0.05) is 45.7 Å². The second-order valence-electron chi connectivity index (χ2n) is 8.53. The van der Waals surface area contributed by atoms with Gasteiger partial charge >= 0.3 is 5.97 Å². The molecule has 0 aliphatic heterocycles. The van der Waals surface area contributed by atoms with Crippen molar-refractivity contribution in [2.45, 2.75) is 58.8 Å². The second kappa shape index (κ2) is 8.26. The van der Waals surface area contributed by atoms with E-state index in [1.807, 2.05) is 26.0 Å². The second-order valence-corrected chi connectivity index (χ2v) is 8.97. The molecule has 0 saturated carbocycles. The number of ether oxygens (including phenoxy) is 1. The van der Waals surface area contributed by atoms with Crippen LogP contribution in [0, 0.1) is 6.92 Å². The minimum atomic E-state index is -0.876. The maximum Gasteiger partial charge on any atom is 0.311 e. The number of rotatable bonds is 6. The van der Waals surface area contributed by atoms with E-state index in [-0.39, 0.29) is 5.41 Å². The average molecular weight is 430 g/mol. The molecule has 1 unspecified atom stereocenters. The van der Waals surface area contributed by atoms with E-state index >= 15 is 0 Å². The van der Waals surface area contributed by atoms with Gasteiger partial charge in [0.15, 0.2) is 5.65 Å². The minimum absolute atomic E-state index is 0.182. The highest BCUT2D eigenvalue weighted by molar-refractivity contribution is 6.30. The monoisotopic (exact) mass is 429 g/mol. The first-order chi connectivity index (χ1) is 14.1. The molecular formula is C23H28ClN3O3. The first kappa shape index (κ1) is 22.1. The molecule has 1 N–H and O–H groups in total. The third-order valence-electron chi connectivity index (χ3n) is 5.24. The van der Waals surface area contributed by atoms with Gasteiger partial charge in [-0.15, -0.1) is 0 Å². The lowest BCUT2D eigenvalue weighted by Gasteiger charge is -2.21. The van der Waals surface area contributed by atoms with Gasteiger partial charge in [0, 0.05) is 33.3 Å². The molecule has 1 aromatic carbocycles. The van der Waals surface area contributed by atoms with E-state index in [0.717, 1.165) is 17.7 Å². The summed E-state index contributed by atoms with van der Waals surface area (Å²) in [5.74, 6) is -1.02. The Morgan fingerprint density at radius 1 is 1.30 bits per heavy atom. The molecule has 30 heavy (non-hydrogen) atoms. The predicted molar refractivity (Wildman–Crippen MR) is 119 cm³/mol. The first-order valence-corrected chi connectivity index (χ1v) is 10.4. The van der Waals surface area contributed by atoms with E-state index in [4.69, 9.17) is 26.4 Å². The summed E-state index contributed by atoms with van der Waals surface area (Å²) < 4.78 is 7.36. The van der Waals surface area contributed by atoms with E-state index in [1.165, 1.54) is 0 Å². The molecular weight excluding hydrogens is 402 g/mol. The van der Waals surface area contributed by atoms with Crippen molar-refractivity contribution in [1.29, 1.82) is 0 Å². The Bertz CT molecular complexity index is 1100. The van der Waals surface area contributed by atoms with Crippen LogP contribution in [0.5, 0.6) is 5.75 Å². The molecule has 0 aliphatic rings. The number of carbonyl (C=O) groups is 1. The van der Waals surface area contributed by atoms with E-state index in [0.29, 0.717) is 39.8 Å². The summed E-state index contributed by atoms with van der Waals surface area (Å²) in [5, 5.41) is 15.4. The molecule has 0 fully saturated rings. The summed E-state index contributed by atoms with van der Waals surface area (Å²) in [4.78, 5) is 16.9. The number of hydrogen-bond donors (Lipinski definition) is 1. The number of hydrogen-bond acceptors (Lipinski definition) is 4. The van der Waals surface area contributed by atoms with E-state index in [9.17, 15) is 9.90 Å². The van der Waals surface area contributed by atoms with Crippen molar-refractivity contribution >= 4 is 23.2 Å². The third-order valence-corrected chi connectivity index (χ3v) is 5.48. The zero-order valence-corrected chi connectivity index (χ0v) is 19.0. The fourth-order valence-corrected chi connectivity index (χ4v) is 3.88. The summed E-state index contributed by atoms with van der Waals surface area (Å²) in [5.41, 5.74) is 4.12. The average Bonchev–Trinajstić information content (AvgIpc) is 3.09. The van der Waals surface area contributed by atoms with Crippen LogP contribution in [0.4, 0.5) is 0 Å². The molecule has 0 radical (unpaired) electrons. The zero-order chi connectivity index (χ0) is 22.2. The molecule has 2 heterocycles. The quantitative estimate of drug-likeness (QED) is 0.549. The van der Waals surface area contributed by atoms with Crippen molar-refractivity contribution in [1.82, 2.24) is 14.6 Å². The van der Waals surface area contributed by atoms with Gasteiger partial charge in [-0.2, -0.15) is 5.10 Å². The van der Waals surface area contributed by atoms with E-state index < -0.39 is 11.9 Å². The number of nitrogens with zero attached hydrogens (tertiary/aromatic N) is 3. The van der Waals surface area contributed by atoms with Crippen LogP contribution in [0.1, 0.15) is 63.4 Å². The Labute approximate surface area is 181 Å². The Hall–Kier alpha value is -2.60. The van der Waals surface area contributed by atoms with Gasteiger partial charge in [0.2, 0.25) is 0 Å². The predicted octanol–water partition coefficient (Wildman–Crippen LogP) is 5.63. The normalized spacial score (nSPS) is 12.9. The molecule has 1 atom stereocenters. The summed E-state index contributed by atoms with van der Waals surface area (Å²) in [7, 11) is 1.57. The van der Waals surface area contributed by atoms with Gasteiger partial charge in [0.1, 0.15) is 5.75 Å². The number of methoxy groups -OCH3 is 1. The van der Waals surface area contributed by atoms with Crippen LogP contribution in [0.25, 0.3) is 16.9 Å². The summed E-state index contributed by atoms with van der Waals surface area (Å²) >= 11 is 6.19. The van der Waals surface area contributed by atoms with Crippen molar-refractivity contribution in [2.75, 3.05) is 7.11 Å². The maximum absolute atomic E-state index is 12.2. The SMILES string of the molecule is CCCC(C(=O)O)c1c(C)nc2cc(C(C)(C)C)nn2c1-c1ccc(Cl)cc1OC. The molecule has 0 spiro atoms. The number of halogens is 1. The Morgan fingerprint density at radius 3 is 2.57 bits per heavy atom. The van der Waals surface area contributed by atoms with Crippen molar-refractivity contribution in [3.8, 4) is 17.0 Å². The van der Waals surface area contributed by atoms with Gasteiger partial charge in [0.05, 0.1) is 24.4 Å². The number of fused-ring (bicyclic) bond motifs is 1. The van der Waals surface area contributed by atoms with Crippen LogP contribution >= 0.6 is 11.6 Å². The highest BCUT2D eigenvalue weighted by atomic mass is 35.5. The lowest BCUT2D eigenvalue weighted by Crippen LogP contribution is -2.18. The van der Waals surface area contributed by atoms with E-state index in [2.05, 4.69) is 20.8 Å². The zero-order valence-electron chi connectivity index (χ0n) is 18.3. The van der Waals surface area contributed by atoms with E-state index in [1.54, 1.807) is 23.8 Å². The lowest BCUT2D eigenvalue weighted by molar-refractivity contribution is -0.139. The van der Waals surface area contributed by atoms with Crippen LogP contribution in [0.15, 0.2) is 24.3 Å². The number of benzene rings is 1. The third kappa shape index (κ3) is 4.01. The molecule has 3 rings (SSSR count). The van der Waals surface area contributed by atoms with Crippen LogP contribution < -0.4 is 4.74 Å². The van der Waals surface area contributed by atoms with Crippen LogP contribution in [0.3, 0.4) is 0 Å². The van der Waals surface area contributed by atoms with Crippen molar-refractivity contribution in [3.63, 3.8) is 0 Å². The first-order valence-electron chi connectivity index (χ1n) is 10.1. The van der Waals surface area contributed by atoms with Crippen molar-refractivity contribution < 1.29 is 14.6 Å². The number of carboxylic acids is 1. The lowest BCUT2D eigenvalue weighted by atomic mass is 9.89. The number of carboxylic acid groups (broad SMARTS) is 1. The van der Waals surface area contributed by atoms with Crippen LogP contribution in [-0.2, 0) is 10.2 Å². The Morgan fingerprint density at radius 2 is 2.00 bits per heavy atom. The molecule has 0 saturated heterocycles. The Balaban J connectivity index is 2.47. The Kier molecular flexibility index (Phi) is 6.09. The topological polar surface area (TPSA) is 76.7 Å². The maximum atomic E-state index is 12.2. The summed E-state index contributed by atoms with van der Waals surface area (Å²) in [6.07, 6.45) is 1.23. The fraction of sp³-hybridized carbons (Fsp3) is 0.435. The summed E-state index contributed by atoms with van der Waals surface area (Å²) in [6, 6.07) is 7.31. The molecule has 160 valence electrons. The van der Waals surface area contributed by atoms with Crippen LogP contribution in [0.2, 0.25) is 5.02 Å².